The highest BCUT2D eigenvalue weighted by Gasteiger charge is 2.16. The topological polar surface area (TPSA) is 40.5 Å². The van der Waals surface area contributed by atoms with E-state index in [1.54, 1.807) is 0 Å². The number of aryl methyl sites for hydroxylation is 4. The fourth-order valence-corrected chi connectivity index (χ4v) is 5.99. The molecule has 0 aliphatic rings. The predicted octanol–water partition coefficient (Wildman–Crippen LogP) is 7.45. The van der Waals surface area contributed by atoms with E-state index in [2.05, 4.69) is 52.0 Å². The monoisotopic (exact) mass is 464 g/mol. The summed E-state index contributed by atoms with van der Waals surface area (Å²) >= 11 is 3.98. The van der Waals surface area contributed by atoms with Gasteiger partial charge in [0.15, 0.2) is 0 Å². The van der Waals surface area contributed by atoms with Gasteiger partial charge in [-0.25, -0.2) is 0 Å². The Balaban J connectivity index is 1.61. The Hall–Kier alpha value is -0.680. The number of hydrogen-bond acceptors (Lipinski definition) is 4. The third-order valence-corrected chi connectivity index (χ3v) is 8.60. The molecule has 2 heterocycles. The van der Waals surface area contributed by atoms with Gasteiger partial charge in [-0.1, -0.05) is 40.5 Å². The zero-order valence-electron chi connectivity index (χ0n) is 20.2. The van der Waals surface area contributed by atoms with Crippen LogP contribution in [0, 0.1) is 10.8 Å². The number of thiophene rings is 2. The van der Waals surface area contributed by atoms with Crippen molar-refractivity contribution in [3.8, 4) is 0 Å². The van der Waals surface area contributed by atoms with Crippen LogP contribution >= 0.6 is 22.7 Å². The summed E-state index contributed by atoms with van der Waals surface area (Å²) in [5.41, 5.74) is 0.137. The van der Waals surface area contributed by atoms with E-state index in [0.717, 1.165) is 12.8 Å². The molecule has 0 aliphatic carbocycles. The first-order chi connectivity index (χ1) is 14.7. The molecule has 0 amide bonds. The molecule has 2 aromatic heterocycles. The predicted molar refractivity (Wildman–Crippen MR) is 138 cm³/mol. The molecule has 176 valence electrons. The Kier molecular flexibility index (Phi) is 11.3. The molecule has 0 fully saturated rings. The molecule has 0 spiro atoms. The van der Waals surface area contributed by atoms with Crippen LogP contribution in [0.4, 0.5) is 0 Å². The molecule has 0 bridgehead atoms. The van der Waals surface area contributed by atoms with Crippen LogP contribution in [-0.4, -0.2) is 23.4 Å². The van der Waals surface area contributed by atoms with Gasteiger partial charge in [-0.05, 0) is 92.9 Å². The summed E-state index contributed by atoms with van der Waals surface area (Å²) < 4.78 is 0. The van der Waals surface area contributed by atoms with Crippen LogP contribution in [0.2, 0.25) is 0 Å². The zero-order valence-corrected chi connectivity index (χ0v) is 21.8. The molecular weight excluding hydrogens is 420 g/mol. The maximum atomic E-state index is 9.36. The maximum Gasteiger partial charge on any atom is 0.0482 e. The quantitative estimate of drug-likeness (QED) is 0.253. The van der Waals surface area contributed by atoms with Crippen LogP contribution in [-0.2, 0) is 25.7 Å². The molecule has 31 heavy (non-hydrogen) atoms. The molecule has 0 saturated heterocycles. The van der Waals surface area contributed by atoms with Crippen LogP contribution < -0.4 is 0 Å². The summed E-state index contributed by atoms with van der Waals surface area (Å²) in [6.45, 7) is 9.15. The van der Waals surface area contributed by atoms with Crippen molar-refractivity contribution in [3.05, 3.63) is 43.8 Å². The van der Waals surface area contributed by atoms with Crippen molar-refractivity contribution in [2.24, 2.45) is 10.8 Å². The van der Waals surface area contributed by atoms with Gasteiger partial charge in [0.05, 0.1) is 0 Å². The number of aliphatic hydroxyl groups is 2. The fourth-order valence-electron chi connectivity index (χ4n) is 3.78. The lowest BCUT2D eigenvalue weighted by molar-refractivity contribution is 0.147. The highest BCUT2D eigenvalue weighted by molar-refractivity contribution is 7.12. The summed E-state index contributed by atoms with van der Waals surface area (Å²) in [7, 11) is 0. The third-order valence-electron chi connectivity index (χ3n) is 6.19. The van der Waals surface area contributed by atoms with Gasteiger partial charge in [0.25, 0.3) is 0 Å². The number of unbranched alkanes of at least 4 members (excludes halogenated alkanes) is 2. The average molecular weight is 465 g/mol. The van der Waals surface area contributed by atoms with E-state index in [0.29, 0.717) is 0 Å². The average Bonchev–Trinajstić information content (AvgIpc) is 3.38. The smallest absolute Gasteiger partial charge is 0.0482 e. The normalized spacial score (nSPS) is 12.6. The van der Waals surface area contributed by atoms with Crippen LogP contribution in [0.3, 0.4) is 0 Å². The van der Waals surface area contributed by atoms with Crippen molar-refractivity contribution in [2.75, 3.05) is 13.2 Å². The highest BCUT2D eigenvalue weighted by atomic mass is 32.1. The van der Waals surface area contributed by atoms with Crippen molar-refractivity contribution in [3.63, 3.8) is 0 Å². The molecule has 0 saturated carbocycles. The van der Waals surface area contributed by atoms with Gasteiger partial charge in [0.2, 0.25) is 0 Å². The molecular formula is C27H44O2S2. The van der Waals surface area contributed by atoms with Gasteiger partial charge in [-0.15, -0.1) is 22.7 Å². The minimum absolute atomic E-state index is 0.0685. The molecule has 0 unspecified atom stereocenters. The van der Waals surface area contributed by atoms with Gasteiger partial charge >= 0.3 is 0 Å². The van der Waals surface area contributed by atoms with Crippen molar-refractivity contribution in [1.82, 2.24) is 0 Å². The Morgan fingerprint density at radius 1 is 0.548 bits per heavy atom. The van der Waals surface area contributed by atoms with Crippen molar-refractivity contribution >= 4 is 22.7 Å². The summed E-state index contributed by atoms with van der Waals surface area (Å²) in [5, 5.41) is 18.7. The van der Waals surface area contributed by atoms with Crippen LogP contribution in [0.1, 0.15) is 92.1 Å². The molecule has 0 atom stereocenters. The lowest BCUT2D eigenvalue weighted by Gasteiger charge is -2.20. The van der Waals surface area contributed by atoms with Gasteiger partial charge in [0, 0.05) is 32.7 Å². The van der Waals surface area contributed by atoms with Crippen molar-refractivity contribution in [1.29, 1.82) is 0 Å². The summed E-state index contributed by atoms with van der Waals surface area (Å²) in [6, 6.07) is 9.29. The van der Waals surface area contributed by atoms with Gasteiger partial charge in [0.1, 0.15) is 0 Å². The van der Waals surface area contributed by atoms with Gasteiger partial charge < -0.3 is 10.2 Å². The Bertz CT molecular complexity index is 680. The minimum atomic E-state index is 0.0685. The number of rotatable bonds is 16. The summed E-state index contributed by atoms with van der Waals surface area (Å²) in [5.74, 6) is 0. The van der Waals surface area contributed by atoms with E-state index in [1.165, 1.54) is 77.3 Å². The van der Waals surface area contributed by atoms with Crippen LogP contribution in [0.5, 0.6) is 0 Å². The second-order valence-electron chi connectivity index (χ2n) is 10.6. The molecule has 2 rings (SSSR count). The zero-order chi connectivity index (χ0) is 22.7. The SMILES string of the molecule is CC(C)(CO)CCCCc1ccc(CCCc2ccc(CCCCC(C)(C)CO)s2)s1. The first-order valence-corrected chi connectivity index (χ1v) is 13.7. The second kappa shape index (κ2) is 13.1. The van der Waals surface area contributed by atoms with Crippen LogP contribution in [0.25, 0.3) is 0 Å². The standard InChI is InChI=1S/C27H44O2S2/c1-26(2,20-28)18-7-5-10-22-14-16-24(30-22)12-9-13-25-17-15-23(31-25)11-6-8-19-27(3,4)21-29/h14-17,28-29H,5-13,18-21H2,1-4H3. The highest BCUT2D eigenvalue weighted by Crippen LogP contribution is 2.27. The number of hydrogen-bond donors (Lipinski definition) is 2. The lowest BCUT2D eigenvalue weighted by Crippen LogP contribution is -2.16. The number of aliphatic hydroxyl groups excluding tert-OH is 2. The summed E-state index contributed by atoms with van der Waals surface area (Å²) in [6.07, 6.45) is 13.0. The Morgan fingerprint density at radius 3 is 1.19 bits per heavy atom. The van der Waals surface area contributed by atoms with E-state index in [9.17, 15) is 10.2 Å². The second-order valence-corrected chi connectivity index (χ2v) is 13.2. The van der Waals surface area contributed by atoms with Crippen molar-refractivity contribution in [2.45, 2.75) is 98.3 Å². The first-order valence-electron chi connectivity index (χ1n) is 12.1. The maximum absolute atomic E-state index is 9.36. The van der Waals surface area contributed by atoms with E-state index in [4.69, 9.17) is 0 Å². The first kappa shape index (κ1) is 26.6. The molecule has 0 aromatic carbocycles. The van der Waals surface area contributed by atoms with Gasteiger partial charge in [-0.2, -0.15) is 0 Å². The third kappa shape index (κ3) is 10.7. The van der Waals surface area contributed by atoms with E-state index in [1.807, 2.05) is 22.7 Å². The Labute approximate surface area is 198 Å². The molecule has 2 aromatic rings. The van der Waals surface area contributed by atoms with Gasteiger partial charge in [-0.3, -0.25) is 0 Å². The molecule has 0 radical (unpaired) electrons. The fraction of sp³-hybridized carbons (Fsp3) is 0.704. The molecule has 0 aliphatic heterocycles. The lowest BCUT2D eigenvalue weighted by atomic mass is 9.88. The molecule has 2 N–H and O–H groups in total. The molecule has 2 nitrogen and oxygen atoms in total. The molecule has 4 heteroatoms. The Morgan fingerprint density at radius 2 is 0.871 bits per heavy atom. The van der Waals surface area contributed by atoms with E-state index < -0.39 is 0 Å². The van der Waals surface area contributed by atoms with E-state index in [-0.39, 0.29) is 24.0 Å². The minimum Gasteiger partial charge on any atom is -0.396 e. The van der Waals surface area contributed by atoms with Crippen LogP contribution in [0.15, 0.2) is 24.3 Å². The van der Waals surface area contributed by atoms with Crippen molar-refractivity contribution < 1.29 is 10.2 Å². The summed E-state index contributed by atoms with van der Waals surface area (Å²) in [4.78, 5) is 6.07. The largest absolute Gasteiger partial charge is 0.396 e. The van der Waals surface area contributed by atoms with E-state index >= 15 is 0 Å².